The molecule has 3 aromatic rings. The van der Waals surface area contributed by atoms with E-state index in [1.165, 1.54) is 10.6 Å². The van der Waals surface area contributed by atoms with Crippen molar-refractivity contribution in [3.63, 3.8) is 0 Å². The Morgan fingerprint density at radius 1 is 1.25 bits per heavy atom. The number of hydrogen-bond donors (Lipinski definition) is 2. The summed E-state index contributed by atoms with van der Waals surface area (Å²) in [7, 11) is 0. The van der Waals surface area contributed by atoms with E-state index in [-0.39, 0.29) is 22.7 Å². The van der Waals surface area contributed by atoms with Gasteiger partial charge in [-0.3, -0.25) is 4.79 Å². The van der Waals surface area contributed by atoms with Crippen LogP contribution in [0.2, 0.25) is 5.15 Å². The Balaban J connectivity index is 1.82. The summed E-state index contributed by atoms with van der Waals surface area (Å²) in [6.45, 7) is 3.91. The van der Waals surface area contributed by atoms with E-state index in [1.54, 1.807) is 38.1 Å². The van der Waals surface area contributed by atoms with E-state index in [1.807, 2.05) is 0 Å². The maximum atomic E-state index is 13.0. The normalized spacial score (nSPS) is 11.8. The third-order valence-electron chi connectivity index (χ3n) is 4.05. The fraction of sp³-hybridized carbons (Fsp3) is 0.278. The highest BCUT2D eigenvalue weighted by molar-refractivity contribution is 6.29. The van der Waals surface area contributed by atoms with E-state index >= 15 is 0 Å². The average Bonchev–Trinajstić information content (AvgIpc) is 3.09. The zero-order valence-electron chi connectivity index (χ0n) is 15.0. The quantitative estimate of drug-likeness (QED) is 0.648. The van der Waals surface area contributed by atoms with Crippen molar-refractivity contribution < 1.29 is 13.2 Å². The lowest BCUT2D eigenvalue weighted by Crippen LogP contribution is -2.15. The molecule has 0 bridgehead atoms. The van der Waals surface area contributed by atoms with Crippen LogP contribution in [0.4, 0.5) is 18.9 Å². The number of nitrogens with one attached hydrogen (secondary N) is 2. The summed E-state index contributed by atoms with van der Waals surface area (Å²) in [5, 5.41) is 8.94. The van der Waals surface area contributed by atoms with Crippen LogP contribution in [-0.4, -0.2) is 19.7 Å². The standard InChI is InChI=1S/C18H17ClF3N5O/c1-10(2)27-9-14(18(20,21)22)24-16(27)12-5-3-11(4-6-12)8-23-13-7-15(19)25-26-17(13)28/h3-7,9-10H,8H2,1-2H3,(H,23,25)(H,26,28). The largest absolute Gasteiger partial charge is 0.434 e. The number of benzene rings is 1. The summed E-state index contributed by atoms with van der Waals surface area (Å²) in [5.74, 6) is 0.249. The number of aromatic amines is 1. The second kappa shape index (κ2) is 7.67. The van der Waals surface area contributed by atoms with E-state index < -0.39 is 17.4 Å². The summed E-state index contributed by atoms with van der Waals surface area (Å²) in [6.07, 6.45) is -3.48. The van der Waals surface area contributed by atoms with Crippen LogP contribution in [0, 0.1) is 0 Å². The van der Waals surface area contributed by atoms with Gasteiger partial charge in [0.25, 0.3) is 5.56 Å². The molecule has 28 heavy (non-hydrogen) atoms. The summed E-state index contributed by atoms with van der Waals surface area (Å²) >= 11 is 5.75. The van der Waals surface area contributed by atoms with Crippen molar-refractivity contribution in [3.8, 4) is 11.4 Å². The summed E-state index contributed by atoms with van der Waals surface area (Å²) < 4.78 is 40.6. The summed E-state index contributed by atoms with van der Waals surface area (Å²) in [6, 6.07) is 8.14. The van der Waals surface area contributed by atoms with Crippen molar-refractivity contribution in [3.05, 3.63) is 63.3 Å². The lowest BCUT2D eigenvalue weighted by atomic mass is 10.1. The van der Waals surface area contributed by atoms with Gasteiger partial charge < -0.3 is 9.88 Å². The Morgan fingerprint density at radius 2 is 1.93 bits per heavy atom. The van der Waals surface area contributed by atoms with Crippen LogP contribution in [0.25, 0.3) is 11.4 Å². The molecule has 2 heterocycles. The van der Waals surface area contributed by atoms with E-state index in [2.05, 4.69) is 20.5 Å². The monoisotopic (exact) mass is 411 g/mol. The van der Waals surface area contributed by atoms with E-state index in [0.717, 1.165) is 11.8 Å². The van der Waals surface area contributed by atoms with Crippen LogP contribution in [0.1, 0.15) is 31.1 Å². The number of H-pyrrole nitrogens is 1. The Morgan fingerprint density at radius 3 is 2.54 bits per heavy atom. The number of halogens is 4. The van der Waals surface area contributed by atoms with Gasteiger partial charge in [0.1, 0.15) is 11.5 Å². The van der Waals surface area contributed by atoms with Crippen LogP contribution >= 0.6 is 11.6 Å². The number of hydrogen-bond acceptors (Lipinski definition) is 4. The number of alkyl halides is 3. The van der Waals surface area contributed by atoms with E-state index in [0.29, 0.717) is 12.1 Å². The number of nitrogens with zero attached hydrogens (tertiary/aromatic N) is 3. The highest BCUT2D eigenvalue weighted by Crippen LogP contribution is 2.32. The predicted molar refractivity (Wildman–Crippen MR) is 100 cm³/mol. The highest BCUT2D eigenvalue weighted by atomic mass is 35.5. The molecule has 0 amide bonds. The van der Waals surface area contributed by atoms with Gasteiger partial charge in [-0.05, 0) is 19.4 Å². The molecule has 3 rings (SSSR count). The molecule has 0 atom stereocenters. The molecule has 1 aromatic carbocycles. The first-order valence-corrected chi connectivity index (χ1v) is 8.77. The molecule has 0 saturated heterocycles. The van der Waals surface area contributed by atoms with Crippen LogP contribution in [-0.2, 0) is 12.7 Å². The lowest BCUT2D eigenvalue weighted by molar-refractivity contribution is -0.140. The van der Waals surface area contributed by atoms with Gasteiger partial charge in [0.2, 0.25) is 0 Å². The Kier molecular flexibility index (Phi) is 5.46. The van der Waals surface area contributed by atoms with Crippen molar-refractivity contribution in [1.29, 1.82) is 0 Å². The molecular weight excluding hydrogens is 395 g/mol. The zero-order chi connectivity index (χ0) is 20.5. The number of imidazole rings is 1. The van der Waals surface area contributed by atoms with E-state index in [4.69, 9.17) is 11.6 Å². The smallest absolute Gasteiger partial charge is 0.376 e. The van der Waals surface area contributed by atoms with Gasteiger partial charge in [0, 0.05) is 30.4 Å². The van der Waals surface area contributed by atoms with Gasteiger partial charge in [0.15, 0.2) is 10.8 Å². The van der Waals surface area contributed by atoms with Gasteiger partial charge in [-0.1, -0.05) is 35.9 Å². The first-order chi connectivity index (χ1) is 13.1. The molecule has 2 N–H and O–H groups in total. The summed E-state index contributed by atoms with van der Waals surface area (Å²) in [4.78, 5) is 15.4. The van der Waals surface area contributed by atoms with Crippen molar-refractivity contribution in [2.75, 3.05) is 5.32 Å². The third-order valence-corrected chi connectivity index (χ3v) is 4.24. The molecular formula is C18H17ClF3N5O. The summed E-state index contributed by atoms with van der Waals surface area (Å²) in [5.41, 5.74) is 0.345. The predicted octanol–water partition coefficient (Wildman–Crippen LogP) is 4.50. The van der Waals surface area contributed by atoms with Crippen molar-refractivity contribution in [2.24, 2.45) is 0 Å². The minimum absolute atomic E-state index is 0.151. The van der Waals surface area contributed by atoms with Crippen molar-refractivity contribution in [1.82, 2.24) is 19.7 Å². The zero-order valence-corrected chi connectivity index (χ0v) is 15.8. The van der Waals surface area contributed by atoms with Crippen LogP contribution < -0.4 is 10.9 Å². The third kappa shape index (κ3) is 4.36. The Bertz CT molecular complexity index is 1020. The molecule has 0 aliphatic rings. The lowest BCUT2D eigenvalue weighted by Gasteiger charge is -2.12. The van der Waals surface area contributed by atoms with Crippen LogP contribution in [0.3, 0.4) is 0 Å². The molecule has 10 heteroatoms. The first-order valence-electron chi connectivity index (χ1n) is 8.39. The topological polar surface area (TPSA) is 75.6 Å². The van der Waals surface area contributed by atoms with Crippen LogP contribution in [0.5, 0.6) is 0 Å². The molecule has 0 saturated carbocycles. The SMILES string of the molecule is CC(C)n1cc(C(F)(F)F)nc1-c1ccc(CNc2cc(Cl)n[nH]c2=O)cc1. The molecule has 0 unspecified atom stereocenters. The Labute approximate surface area is 163 Å². The first kappa shape index (κ1) is 19.9. The second-order valence-corrected chi connectivity index (χ2v) is 6.82. The Hall–Kier alpha value is -2.81. The molecule has 0 radical (unpaired) electrons. The number of rotatable bonds is 5. The maximum Gasteiger partial charge on any atom is 0.434 e. The number of anilines is 1. The molecule has 2 aromatic heterocycles. The molecule has 0 fully saturated rings. The van der Waals surface area contributed by atoms with Gasteiger partial charge in [-0.25, -0.2) is 10.1 Å². The fourth-order valence-electron chi connectivity index (χ4n) is 2.62. The molecule has 0 aliphatic heterocycles. The fourth-order valence-corrected chi connectivity index (χ4v) is 2.77. The maximum absolute atomic E-state index is 13.0. The van der Waals surface area contributed by atoms with Crippen molar-refractivity contribution >= 4 is 17.3 Å². The average molecular weight is 412 g/mol. The van der Waals surface area contributed by atoms with Gasteiger partial charge in [-0.15, -0.1) is 0 Å². The van der Waals surface area contributed by atoms with E-state index in [9.17, 15) is 18.0 Å². The van der Waals surface area contributed by atoms with Crippen molar-refractivity contribution in [2.45, 2.75) is 32.6 Å². The molecule has 0 spiro atoms. The second-order valence-electron chi connectivity index (χ2n) is 6.43. The molecule has 148 valence electrons. The van der Waals surface area contributed by atoms with Gasteiger partial charge >= 0.3 is 6.18 Å². The van der Waals surface area contributed by atoms with Gasteiger partial charge in [-0.2, -0.15) is 18.3 Å². The minimum Gasteiger partial charge on any atom is -0.376 e. The minimum atomic E-state index is -4.50. The van der Waals surface area contributed by atoms with Gasteiger partial charge in [0.05, 0.1) is 0 Å². The van der Waals surface area contributed by atoms with Crippen LogP contribution in [0.15, 0.2) is 41.3 Å². The number of aromatic nitrogens is 4. The molecule has 0 aliphatic carbocycles. The molecule has 6 nitrogen and oxygen atoms in total. The highest BCUT2D eigenvalue weighted by Gasteiger charge is 2.35.